The summed E-state index contributed by atoms with van der Waals surface area (Å²) in [7, 11) is 5.12. The van der Waals surface area contributed by atoms with E-state index in [0.29, 0.717) is 16.9 Å². The number of amides is 2. The van der Waals surface area contributed by atoms with Crippen molar-refractivity contribution in [2.24, 2.45) is 0 Å². The van der Waals surface area contributed by atoms with E-state index in [-0.39, 0.29) is 24.4 Å². The molecule has 0 fully saturated rings. The Labute approximate surface area is 194 Å². The number of nitrogens with zero attached hydrogens (tertiary/aromatic N) is 1. The first-order valence-corrected chi connectivity index (χ1v) is 10.6. The minimum absolute atomic E-state index is 0.00377. The third-order valence-corrected chi connectivity index (χ3v) is 5.42. The molecule has 3 rings (SSSR count). The van der Waals surface area contributed by atoms with Crippen molar-refractivity contribution in [2.75, 3.05) is 38.4 Å². The van der Waals surface area contributed by atoms with Gasteiger partial charge < -0.3 is 20.1 Å². The molecule has 0 bridgehead atoms. The minimum Gasteiger partial charge on any atom is -0.497 e. The van der Waals surface area contributed by atoms with E-state index in [9.17, 15) is 9.59 Å². The van der Waals surface area contributed by atoms with E-state index in [1.165, 1.54) is 0 Å². The zero-order valence-corrected chi connectivity index (χ0v) is 19.3. The molecule has 1 unspecified atom stereocenters. The lowest BCUT2D eigenvalue weighted by Gasteiger charge is -2.25. The standard InChI is InChI=1S/C26H29N3O4/c1-18(23-7-5-6-8-24(23)33-4)29(2)17-25(30)27-20-11-9-19(10-12-20)26(31)28-21-13-15-22(32-3)16-14-21/h5-16,18H,17H2,1-4H3,(H,27,30)(H,28,31). The van der Waals surface area contributed by atoms with Gasteiger partial charge in [-0.05, 0) is 68.6 Å². The van der Waals surface area contributed by atoms with Crippen molar-refractivity contribution in [1.29, 1.82) is 0 Å². The highest BCUT2D eigenvalue weighted by molar-refractivity contribution is 6.04. The van der Waals surface area contributed by atoms with Crippen LogP contribution in [-0.2, 0) is 4.79 Å². The highest BCUT2D eigenvalue weighted by Gasteiger charge is 2.18. The van der Waals surface area contributed by atoms with Gasteiger partial charge in [0.05, 0.1) is 20.8 Å². The van der Waals surface area contributed by atoms with Crippen LogP contribution in [0.3, 0.4) is 0 Å². The monoisotopic (exact) mass is 447 g/mol. The molecule has 7 nitrogen and oxygen atoms in total. The molecule has 0 aromatic heterocycles. The minimum atomic E-state index is -0.233. The molecule has 2 N–H and O–H groups in total. The van der Waals surface area contributed by atoms with Gasteiger partial charge >= 0.3 is 0 Å². The second kappa shape index (κ2) is 11.2. The van der Waals surface area contributed by atoms with E-state index in [1.807, 2.05) is 43.1 Å². The number of hydrogen-bond donors (Lipinski definition) is 2. The summed E-state index contributed by atoms with van der Waals surface area (Å²) in [6.07, 6.45) is 0. The van der Waals surface area contributed by atoms with Crippen LogP contribution < -0.4 is 20.1 Å². The highest BCUT2D eigenvalue weighted by Crippen LogP contribution is 2.28. The van der Waals surface area contributed by atoms with Crippen LogP contribution >= 0.6 is 0 Å². The summed E-state index contributed by atoms with van der Waals surface area (Å²) < 4.78 is 10.5. The van der Waals surface area contributed by atoms with Gasteiger partial charge in [0.1, 0.15) is 11.5 Å². The zero-order chi connectivity index (χ0) is 23.8. The van der Waals surface area contributed by atoms with Crippen LogP contribution in [0.2, 0.25) is 0 Å². The average Bonchev–Trinajstić information content (AvgIpc) is 2.84. The second-order valence-corrected chi connectivity index (χ2v) is 7.64. The average molecular weight is 448 g/mol. The van der Waals surface area contributed by atoms with Gasteiger partial charge in [0.25, 0.3) is 5.91 Å². The Morgan fingerprint density at radius 1 is 0.848 bits per heavy atom. The fourth-order valence-electron chi connectivity index (χ4n) is 3.40. The number of ether oxygens (including phenoxy) is 2. The number of para-hydroxylation sites is 1. The van der Waals surface area contributed by atoms with E-state index in [1.54, 1.807) is 62.8 Å². The van der Waals surface area contributed by atoms with Gasteiger partial charge in [-0.1, -0.05) is 18.2 Å². The summed E-state index contributed by atoms with van der Waals surface area (Å²) >= 11 is 0. The molecule has 33 heavy (non-hydrogen) atoms. The van der Waals surface area contributed by atoms with Gasteiger partial charge in [0.15, 0.2) is 0 Å². The number of likely N-dealkylation sites (N-methyl/N-ethyl adjacent to an activating group) is 1. The Kier molecular flexibility index (Phi) is 8.05. The maximum atomic E-state index is 12.6. The smallest absolute Gasteiger partial charge is 0.255 e. The van der Waals surface area contributed by atoms with Crippen LogP contribution in [0.4, 0.5) is 11.4 Å². The number of carbonyl (C=O) groups is 2. The van der Waals surface area contributed by atoms with Crippen LogP contribution in [0.5, 0.6) is 11.5 Å². The molecule has 0 spiro atoms. The van der Waals surface area contributed by atoms with E-state index in [4.69, 9.17) is 9.47 Å². The van der Waals surface area contributed by atoms with Gasteiger partial charge in [-0.3, -0.25) is 14.5 Å². The fourth-order valence-corrected chi connectivity index (χ4v) is 3.40. The third kappa shape index (κ3) is 6.33. The fraction of sp³-hybridized carbons (Fsp3) is 0.231. The molecule has 0 aliphatic carbocycles. The lowest BCUT2D eigenvalue weighted by molar-refractivity contribution is -0.117. The van der Waals surface area contributed by atoms with E-state index in [0.717, 1.165) is 17.1 Å². The van der Waals surface area contributed by atoms with E-state index in [2.05, 4.69) is 10.6 Å². The molecule has 172 valence electrons. The first-order valence-electron chi connectivity index (χ1n) is 10.6. The molecule has 0 saturated heterocycles. The molecule has 1 atom stereocenters. The maximum Gasteiger partial charge on any atom is 0.255 e. The number of rotatable bonds is 9. The first-order chi connectivity index (χ1) is 15.9. The van der Waals surface area contributed by atoms with Gasteiger partial charge in [-0.25, -0.2) is 0 Å². The Morgan fingerprint density at radius 2 is 1.45 bits per heavy atom. The van der Waals surface area contributed by atoms with E-state index >= 15 is 0 Å². The van der Waals surface area contributed by atoms with Crippen molar-refractivity contribution in [3.63, 3.8) is 0 Å². The Balaban J connectivity index is 1.55. The Bertz CT molecular complexity index is 1080. The van der Waals surface area contributed by atoms with Crippen LogP contribution in [-0.4, -0.2) is 44.5 Å². The summed E-state index contributed by atoms with van der Waals surface area (Å²) in [6, 6.07) is 21.6. The predicted molar refractivity (Wildman–Crippen MR) is 130 cm³/mol. The molecule has 2 amide bonds. The van der Waals surface area contributed by atoms with Gasteiger partial charge in [-0.2, -0.15) is 0 Å². The van der Waals surface area contributed by atoms with E-state index < -0.39 is 0 Å². The lowest BCUT2D eigenvalue weighted by atomic mass is 10.1. The first kappa shape index (κ1) is 23.8. The summed E-state index contributed by atoms with van der Waals surface area (Å²) in [5, 5.41) is 5.71. The van der Waals surface area contributed by atoms with Crippen molar-refractivity contribution >= 4 is 23.2 Å². The van der Waals surface area contributed by atoms with Crippen LogP contribution in [0, 0.1) is 0 Å². The SMILES string of the molecule is COc1ccc(NC(=O)c2ccc(NC(=O)CN(C)C(C)c3ccccc3OC)cc2)cc1. The lowest BCUT2D eigenvalue weighted by Crippen LogP contribution is -2.32. The largest absolute Gasteiger partial charge is 0.497 e. The topological polar surface area (TPSA) is 79.9 Å². The summed E-state index contributed by atoms with van der Waals surface area (Å²) in [6.45, 7) is 2.24. The zero-order valence-electron chi connectivity index (χ0n) is 19.3. The Morgan fingerprint density at radius 3 is 2.09 bits per heavy atom. The van der Waals surface area contributed by atoms with Gasteiger partial charge in [0, 0.05) is 28.5 Å². The van der Waals surface area contributed by atoms with Crippen LogP contribution in [0.15, 0.2) is 72.8 Å². The number of carbonyl (C=O) groups excluding carboxylic acids is 2. The van der Waals surface area contributed by atoms with Crippen LogP contribution in [0.1, 0.15) is 28.9 Å². The molecule has 0 saturated carbocycles. The molecule has 7 heteroatoms. The molecule has 0 heterocycles. The summed E-state index contributed by atoms with van der Waals surface area (Å²) in [5.74, 6) is 1.13. The summed E-state index contributed by atoms with van der Waals surface area (Å²) in [4.78, 5) is 27.0. The normalized spacial score (nSPS) is 11.5. The third-order valence-electron chi connectivity index (χ3n) is 5.42. The van der Waals surface area contributed by atoms with Crippen LogP contribution in [0.25, 0.3) is 0 Å². The van der Waals surface area contributed by atoms with Crippen molar-refractivity contribution in [3.8, 4) is 11.5 Å². The number of anilines is 2. The summed E-state index contributed by atoms with van der Waals surface area (Å²) in [5.41, 5.74) is 2.80. The predicted octanol–water partition coefficient (Wildman–Crippen LogP) is 4.59. The molecular weight excluding hydrogens is 418 g/mol. The number of methoxy groups -OCH3 is 2. The number of hydrogen-bond acceptors (Lipinski definition) is 5. The van der Waals surface area contributed by atoms with Crippen molar-refractivity contribution in [3.05, 3.63) is 83.9 Å². The van der Waals surface area contributed by atoms with Crippen molar-refractivity contribution in [2.45, 2.75) is 13.0 Å². The number of benzene rings is 3. The molecule has 0 aliphatic heterocycles. The second-order valence-electron chi connectivity index (χ2n) is 7.64. The quantitative estimate of drug-likeness (QED) is 0.502. The Hall–Kier alpha value is -3.84. The van der Waals surface area contributed by atoms with Gasteiger partial charge in [0.2, 0.25) is 5.91 Å². The van der Waals surface area contributed by atoms with Crippen molar-refractivity contribution < 1.29 is 19.1 Å². The number of nitrogens with one attached hydrogen (secondary N) is 2. The molecule has 3 aromatic carbocycles. The molecule has 0 aliphatic rings. The van der Waals surface area contributed by atoms with Gasteiger partial charge in [-0.15, -0.1) is 0 Å². The highest BCUT2D eigenvalue weighted by atomic mass is 16.5. The molecule has 3 aromatic rings. The maximum absolute atomic E-state index is 12.6. The molecule has 0 radical (unpaired) electrons. The van der Waals surface area contributed by atoms with Crippen molar-refractivity contribution in [1.82, 2.24) is 4.90 Å². The molecular formula is C26H29N3O4.